The predicted octanol–water partition coefficient (Wildman–Crippen LogP) is 2.29. The van der Waals surface area contributed by atoms with E-state index in [4.69, 9.17) is 9.15 Å². The number of carbonyl (C=O) groups excluding carboxylic acids is 1. The lowest BCUT2D eigenvalue weighted by Crippen LogP contribution is -2.47. The summed E-state index contributed by atoms with van der Waals surface area (Å²) in [6, 6.07) is 3.62. The van der Waals surface area contributed by atoms with Crippen LogP contribution in [0.1, 0.15) is 46.3 Å². The number of aliphatic imine (C=N–C) groups is 1. The van der Waals surface area contributed by atoms with E-state index in [0.717, 1.165) is 38.3 Å². The minimum atomic E-state index is -0.142. The van der Waals surface area contributed by atoms with Crippen LogP contribution in [-0.2, 0) is 16.1 Å². The smallest absolute Gasteiger partial charge is 0.242 e. The van der Waals surface area contributed by atoms with E-state index in [-0.39, 0.29) is 24.0 Å². The summed E-state index contributed by atoms with van der Waals surface area (Å²) in [6.45, 7) is 11.5. The highest BCUT2D eigenvalue weighted by Crippen LogP contribution is 2.33. The summed E-state index contributed by atoms with van der Waals surface area (Å²) in [5.74, 6) is 1.67. The maximum Gasteiger partial charge on any atom is 0.242 e. The molecule has 2 rings (SSSR count). The van der Waals surface area contributed by atoms with Crippen LogP contribution in [0.2, 0.25) is 0 Å². The Balaban J connectivity index is 1.84. The summed E-state index contributed by atoms with van der Waals surface area (Å²) in [5.41, 5.74) is 0.105. The number of guanidine groups is 1. The lowest BCUT2D eigenvalue weighted by Gasteiger charge is -2.40. The molecule has 7 nitrogen and oxygen atoms in total. The molecule has 1 aromatic rings. The van der Waals surface area contributed by atoms with Crippen molar-refractivity contribution in [2.45, 2.75) is 53.2 Å². The second-order valence-electron chi connectivity index (χ2n) is 7.99. The molecule has 0 aliphatic carbocycles. The van der Waals surface area contributed by atoms with E-state index in [2.05, 4.69) is 41.7 Å². The molecule has 1 amide bonds. The highest BCUT2D eigenvalue weighted by Gasteiger charge is 2.35. The number of hydrogen-bond acceptors (Lipinski definition) is 4. The third kappa shape index (κ3) is 7.25. The zero-order chi connectivity index (χ0) is 19.7. The van der Waals surface area contributed by atoms with Gasteiger partial charge < -0.3 is 25.1 Å². The molecule has 0 bridgehead atoms. The fourth-order valence-corrected chi connectivity index (χ4v) is 3.38. The Bertz CT molecular complexity index is 593. The van der Waals surface area contributed by atoms with Gasteiger partial charge in [-0.3, -0.25) is 4.79 Å². The summed E-state index contributed by atoms with van der Waals surface area (Å²) in [5, 5.41) is 9.38. The fraction of sp³-hybridized carbons (Fsp3) is 0.700. The summed E-state index contributed by atoms with van der Waals surface area (Å²) in [4.78, 5) is 16.4. The van der Waals surface area contributed by atoms with Gasteiger partial charge in [0.1, 0.15) is 12.3 Å². The molecule has 0 saturated carbocycles. The van der Waals surface area contributed by atoms with Crippen LogP contribution in [0.4, 0.5) is 0 Å². The van der Waals surface area contributed by atoms with Crippen molar-refractivity contribution in [3.05, 3.63) is 24.2 Å². The van der Waals surface area contributed by atoms with E-state index in [0.29, 0.717) is 18.4 Å². The number of nitrogens with zero attached hydrogens (tertiary/aromatic N) is 1. The van der Waals surface area contributed by atoms with Crippen LogP contribution in [0.15, 0.2) is 27.8 Å². The first kappa shape index (κ1) is 21.3. The highest BCUT2D eigenvalue weighted by atomic mass is 16.5. The molecule has 1 fully saturated rings. The van der Waals surface area contributed by atoms with E-state index in [1.807, 2.05) is 13.0 Å². The van der Waals surface area contributed by atoms with Gasteiger partial charge in [0.25, 0.3) is 0 Å². The Labute approximate surface area is 162 Å². The molecule has 0 aromatic carbocycles. The van der Waals surface area contributed by atoms with Crippen molar-refractivity contribution in [2.24, 2.45) is 16.3 Å². The standard InChI is InChI=1S/C20H34N4O3/c1-5-21-19(24-14-17(25)22-13-16-9-7-10-26-16)23-12-15-8-6-11-27-18(15)20(2,3)4/h7,9-10,15,18H,5-6,8,11-14H2,1-4H3,(H,22,25)(H2,21,23,24). The van der Waals surface area contributed by atoms with Crippen molar-refractivity contribution in [3.8, 4) is 0 Å². The second kappa shape index (κ2) is 10.3. The maximum atomic E-state index is 12.0. The molecular formula is C20H34N4O3. The second-order valence-corrected chi connectivity index (χ2v) is 7.99. The van der Waals surface area contributed by atoms with Crippen LogP contribution < -0.4 is 16.0 Å². The molecule has 27 heavy (non-hydrogen) atoms. The average molecular weight is 379 g/mol. The van der Waals surface area contributed by atoms with Crippen LogP contribution >= 0.6 is 0 Å². The predicted molar refractivity (Wildman–Crippen MR) is 106 cm³/mol. The largest absolute Gasteiger partial charge is 0.467 e. The average Bonchev–Trinajstić information content (AvgIpc) is 3.15. The number of hydrogen-bond donors (Lipinski definition) is 3. The van der Waals surface area contributed by atoms with Gasteiger partial charge >= 0.3 is 0 Å². The quantitative estimate of drug-likeness (QED) is 0.500. The van der Waals surface area contributed by atoms with Crippen LogP contribution in [-0.4, -0.2) is 44.2 Å². The number of rotatable bonds is 7. The maximum absolute atomic E-state index is 12.0. The molecule has 1 aliphatic rings. The van der Waals surface area contributed by atoms with E-state index < -0.39 is 0 Å². The number of amides is 1. The molecule has 2 unspecified atom stereocenters. The molecule has 1 aliphatic heterocycles. The van der Waals surface area contributed by atoms with E-state index >= 15 is 0 Å². The van der Waals surface area contributed by atoms with E-state index in [1.54, 1.807) is 12.3 Å². The van der Waals surface area contributed by atoms with Crippen molar-refractivity contribution in [3.63, 3.8) is 0 Å². The zero-order valence-corrected chi connectivity index (χ0v) is 17.0. The SMILES string of the molecule is CCNC(=NCC(=O)NCc1ccco1)NCC1CCCOC1C(C)(C)C. The van der Waals surface area contributed by atoms with Gasteiger partial charge in [-0.2, -0.15) is 0 Å². The number of carbonyl (C=O) groups is 1. The Hall–Kier alpha value is -2.02. The van der Waals surface area contributed by atoms with Gasteiger partial charge in [-0.05, 0) is 37.3 Å². The Morgan fingerprint density at radius 2 is 2.11 bits per heavy atom. The molecule has 3 N–H and O–H groups in total. The molecule has 1 aromatic heterocycles. The van der Waals surface area contributed by atoms with Crippen molar-refractivity contribution in [1.29, 1.82) is 0 Å². The van der Waals surface area contributed by atoms with Crippen LogP contribution in [0.3, 0.4) is 0 Å². The topological polar surface area (TPSA) is 87.9 Å². The van der Waals surface area contributed by atoms with E-state index in [9.17, 15) is 4.79 Å². The third-order valence-corrected chi connectivity index (χ3v) is 4.59. The van der Waals surface area contributed by atoms with Crippen molar-refractivity contribution in [1.82, 2.24) is 16.0 Å². The summed E-state index contributed by atoms with van der Waals surface area (Å²) in [6.07, 6.45) is 4.03. The molecular weight excluding hydrogens is 344 g/mol. The molecule has 0 radical (unpaired) electrons. The molecule has 0 spiro atoms. The highest BCUT2D eigenvalue weighted by molar-refractivity contribution is 5.84. The Morgan fingerprint density at radius 3 is 2.78 bits per heavy atom. The van der Waals surface area contributed by atoms with Crippen molar-refractivity contribution >= 4 is 11.9 Å². The molecule has 7 heteroatoms. The first-order valence-corrected chi connectivity index (χ1v) is 9.83. The molecule has 2 heterocycles. The Kier molecular flexibility index (Phi) is 8.16. The normalized spacial score (nSPS) is 21.0. The first-order chi connectivity index (χ1) is 12.9. The van der Waals surface area contributed by atoms with Crippen LogP contribution in [0.5, 0.6) is 0 Å². The van der Waals surface area contributed by atoms with Gasteiger partial charge in [-0.1, -0.05) is 20.8 Å². The monoisotopic (exact) mass is 378 g/mol. The van der Waals surface area contributed by atoms with E-state index in [1.165, 1.54) is 0 Å². The van der Waals surface area contributed by atoms with Gasteiger partial charge in [0.05, 0.1) is 18.9 Å². The lowest BCUT2D eigenvalue weighted by molar-refractivity contribution is -0.119. The van der Waals surface area contributed by atoms with Crippen molar-refractivity contribution in [2.75, 3.05) is 26.2 Å². The van der Waals surface area contributed by atoms with Gasteiger partial charge in [0.15, 0.2) is 5.96 Å². The molecule has 2 atom stereocenters. The van der Waals surface area contributed by atoms with Gasteiger partial charge in [0, 0.05) is 25.6 Å². The lowest BCUT2D eigenvalue weighted by atomic mass is 9.78. The van der Waals surface area contributed by atoms with Gasteiger partial charge in [0.2, 0.25) is 5.91 Å². The van der Waals surface area contributed by atoms with Crippen molar-refractivity contribution < 1.29 is 13.9 Å². The number of ether oxygens (including phenoxy) is 1. The Morgan fingerprint density at radius 1 is 1.30 bits per heavy atom. The van der Waals surface area contributed by atoms with Crippen LogP contribution in [0.25, 0.3) is 0 Å². The zero-order valence-electron chi connectivity index (χ0n) is 17.0. The van der Waals surface area contributed by atoms with Gasteiger partial charge in [-0.25, -0.2) is 4.99 Å². The number of furan rings is 1. The van der Waals surface area contributed by atoms with Gasteiger partial charge in [-0.15, -0.1) is 0 Å². The van der Waals surface area contributed by atoms with Crippen LogP contribution in [0, 0.1) is 11.3 Å². The third-order valence-electron chi connectivity index (χ3n) is 4.59. The number of nitrogens with one attached hydrogen (secondary N) is 3. The molecule has 1 saturated heterocycles. The minimum absolute atomic E-state index is 0.0694. The fourth-order valence-electron chi connectivity index (χ4n) is 3.38. The summed E-state index contributed by atoms with van der Waals surface area (Å²) >= 11 is 0. The summed E-state index contributed by atoms with van der Waals surface area (Å²) < 4.78 is 11.2. The summed E-state index contributed by atoms with van der Waals surface area (Å²) in [7, 11) is 0. The first-order valence-electron chi connectivity index (χ1n) is 9.83. The minimum Gasteiger partial charge on any atom is -0.467 e. The molecule has 152 valence electrons.